The molecule has 3 rings (SSSR count). The van der Waals surface area contributed by atoms with Crippen LogP contribution in [0, 0.1) is 0 Å². The molecule has 1 aromatic carbocycles. The van der Waals surface area contributed by atoms with Gasteiger partial charge in [0.1, 0.15) is 13.2 Å². The molecule has 0 saturated carbocycles. The molecule has 0 saturated heterocycles. The summed E-state index contributed by atoms with van der Waals surface area (Å²) >= 11 is 3.53. The van der Waals surface area contributed by atoms with Crippen LogP contribution in [0.2, 0.25) is 0 Å². The minimum absolute atomic E-state index is 0. The third kappa shape index (κ3) is 3.04. The zero-order valence-electron chi connectivity index (χ0n) is 12.3. The minimum Gasteiger partial charge on any atom is -1.00 e. The van der Waals surface area contributed by atoms with E-state index in [0.29, 0.717) is 12.0 Å². The Balaban J connectivity index is 0.00000161. The summed E-state index contributed by atoms with van der Waals surface area (Å²) in [6, 6.07) is 10.9. The maximum Gasteiger partial charge on any atom is 0.329 e. The number of alkyl halides is 1. The van der Waals surface area contributed by atoms with Crippen LogP contribution >= 0.6 is 15.9 Å². The Bertz CT molecular complexity index is 596. The summed E-state index contributed by atoms with van der Waals surface area (Å²) in [5, 5.41) is 0.955. The van der Waals surface area contributed by atoms with Gasteiger partial charge in [-0.05, 0) is 0 Å². The van der Waals surface area contributed by atoms with Crippen LogP contribution in [0.1, 0.15) is 37.1 Å². The predicted octanol–water partition coefficient (Wildman–Crippen LogP) is 0.280. The van der Waals surface area contributed by atoms with Gasteiger partial charge in [-0.1, -0.05) is 60.1 Å². The lowest BCUT2D eigenvalue weighted by molar-refractivity contribution is -0.695. The van der Waals surface area contributed by atoms with Crippen LogP contribution in [0.5, 0.6) is 5.88 Å². The molecule has 0 spiro atoms. The van der Waals surface area contributed by atoms with Crippen molar-refractivity contribution in [3.05, 3.63) is 47.9 Å². The second-order valence-corrected chi connectivity index (χ2v) is 6.28. The first-order valence-electron chi connectivity index (χ1n) is 7.10. The summed E-state index contributed by atoms with van der Waals surface area (Å²) < 4.78 is 10.6. The normalized spacial score (nSPS) is 16.5. The van der Waals surface area contributed by atoms with Crippen molar-refractivity contribution in [1.29, 1.82) is 0 Å². The number of nitrogens with zero attached hydrogens (tertiary/aromatic N) is 2. The van der Waals surface area contributed by atoms with Crippen LogP contribution in [-0.4, -0.2) is 16.5 Å². The molecule has 0 unspecified atom stereocenters. The first kappa shape index (κ1) is 16.6. The van der Waals surface area contributed by atoms with Crippen molar-refractivity contribution in [3.8, 4) is 5.88 Å². The molecule has 0 N–H and O–H groups in total. The van der Waals surface area contributed by atoms with Crippen LogP contribution in [0.25, 0.3) is 0 Å². The van der Waals surface area contributed by atoms with Crippen LogP contribution in [-0.2, 0) is 6.54 Å². The molecule has 114 valence electrons. The topological polar surface area (TPSA) is 18.0 Å². The monoisotopic (exact) mass is 414 g/mol. The Hall–Kier alpha value is -0.810. The highest BCUT2D eigenvalue weighted by Gasteiger charge is 2.37. The minimum atomic E-state index is 0. The molecule has 21 heavy (non-hydrogen) atoms. The lowest BCUT2D eigenvalue weighted by Gasteiger charge is -2.06. The fourth-order valence-corrected chi connectivity index (χ4v) is 3.29. The predicted molar refractivity (Wildman–Crippen MR) is 82.6 cm³/mol. The van der Waals surface area contributed by atoms with Crippen molar-refractivity contribution >= 4 is 15.9 Å². The van der Waals surface area contributed by atoms with Gasteiger partial charge in [0.15, 0.2) is 11.7 Å². The number of halogens is 2. The van der Waals surface area contributed by atoms with E-state index in [-0.39, 0.29) is 17.0 Å². The number of imidazole rings is 1. The molecule has 1 aromatic heterocycles. The standard InChI is InChI=1S/C16H20BrN2O.BrH/c1-12(2)15-16-19(11-18(15)9-8-17)14(10-20-16)13-6-4-3-5-7-13;/h3-7,11-12,14H,8-10H2,1-2H3;1H/q+1;/p-1/t14-;/m0./s1. The fourth-order valence-electron chi connectivity index (χ4n) is 2.91. The zero-order valence-corrected chi connectivity index (χ0v) is 15.5. The van der Waals surface area contributed by atoms with Crippen molar-refractivity contribution in [2.45, 2.75) is 32.4 Å². The molecule has 0 bridgehead atoms. The van der Waals surface area contributed by atoms with Crippen molar-refractivity contribution in [2.24, 2.45) is 0 Å². The summed E-state index contributed by atoms with van der Waals surface area (Å²) in [4.78, 5) is 0. The average Bonchev–Trinajstić information content (AvgIpc) is 2.98. The molecule has 1 atom stereocenters. The van der Waals surface area contributed by atoms with E-state index in [4.69, 9.17) is 4.74 Å². The molecule has 0 radical (unpaired) electrons. The lowest BCUT2D eigenvalue weighted by atomic mass is 10.1. The van der Waals surface area contributed by atoms with Gasteiger partial charge < -0.3 is 21.7 Å². The van der Waals surface area contributed by atoms with E-state index in [2.05, 4.69) is 75.6 Å². The maximum absolute atomic E-state index is 6.01. The zero-order chi connectivity index (χ0) is 14.1. The highest BCUT2D eigenvalue weighted by Crippen LogP contribution is 2.31. The Morgan fingerprint density at radius 2 is 2.05 bits per heavy atom. The van der Waals surface area contributed by atoms with Crippen LogP contribution < -0.4 is 26.3 Å². The third-order valence-corrected chi connectivity index (χ3v) is 4.15. The Morgan fingerprint density at radius 1 is 1.33 bits per heavy atom. The van der Waals surface area contributed by atoms with Crippen molar-refractivity contribution in [2.75, 3.05) is 11.9 Å². The van der Waals surface area contributed by atoms with E-state index in [1.54, 1.807) is 0 Å². The highest BCUT2D eigenvalue weighted by atomic mass is 79.9. The number of fused-ring (bicyclic) bond motifs is 1. The van der Waals surface area contributed by atoms with Gasteiger partial charge in [-0.2, -0.15) is 4.57 Å². The molecule has 1 aliphatic heterocycles. The highest BCUT2D eigenvalue weighted by molar-refractivity contribution is 9.09. The Labute approximate surface area is 144 Å². The summed E-state index contributed by atoms with van der Waals surface area (Å²) in [6.45, 7) is 6.15. The number of aryl methyl sites for hydroxylation is 1. The van der Waals surface area contributed by atoms with Crippen LogP contribution in [0.3, 0.4) is 0 Å². The van der Waals surface area contributed by atoms with Gasteiger partial charge in [0.05, 0.1) is 0 Å². The van der Waals surface area contributed by atoms with E-state index >= 15 is 0 Å². The van der Waals surface area contributed by atoms with Gasteiger partial charge >= 0.3 is 5.88 Å². The molecule has 3 nitrogen and oxygen atoms in total. The number of ether oxygens (including phenoxy) is 1. The van der Waals surface area contributed by atoms with Crippen molar-refractivity contribution < 1.29 is 26.3 Å². The molecule has 2 aromatic rings. The van der Waals surface area contributed by atoms with E-state index < -0.39 is 0 Å². The second kappa shape index (κ2) is 6.97. The first-order valence-corrected chi connectivity index (χ1v) is 8.22. The van der Waals surface area contributed by atoms with Gasteiger partial charge in [0.25, 0.3) is 0 Å². The molecular weight excluding hydrogens is 396 g/mol. The molecule has 0 aliphatic carbocycles. The molecule has 0 amide bonds. The molecule has 1 aliphatic rings. The number of benzene rings is 1. The number of aromatic nitrogens is 2. The molecule has 2 heterocycles. The SMILES string of the molecule is CC(C)c1c2[n+](cn1CCBr)[C@H](c1ccccc1)CO2.[Br-]. The molecular formula is C16H20Br2N2O. The quantitative estimate of drug-likeness (QED) is 0.518. The molecule has 0 fully saturated rings. The number of hydrogen-bond donors (Lipinski definition) is 0. The smallest absolute Gasteiger partial charge is 0.329 e. The first-order chi connectivity index (χ1) is 9.72. The van der Waals surface area contributed by atoms with Gasteiger partial charge in [0.2, 0.25) is 6.33 Å². The summed E-state index contributed by atoms with van der Waals surface area (Å²) in [6.07, 6.45) is 2.20. The summed E-state index contributed by atoms with van der Waals surface area (Å²) in [5.74, 6) is 1.50. The van der Waals surface area contributed by atoms with E-state index in [9.17, 15) is 0 Å². The number of rotatable bonds is 4. The maximum atomic E-state index is 6.01. The Kier molecular flexibility index (Phi) is 5.49. The molecule has 5 heteroatoms. The van der Waals surface area contributed by atoms with Gasteiger partial charge in [0, 0.05) is 16.8 Å². The van der Waals surface area contributed by atoms with Crippen molar-refractivity contribution in [1.82, 2.24) is 4.57 Å². The summed E-state index contributed by atoms with van der Waals surface area (Å²) in [7, 11) is 0. The number of hydrogen-bond acceptors (Lipinski definition) is 1. The third-order valence-electron chi connectivity index (χ3n) is 3.80. The van der Waals surface area contributed by atoms with E-state index in [0.717, 1.165) is 24.4 Å². The Morgan fingerprint density at radius 3 is 2.67 bits per heavy atom. The van der Waals surface area contributed by atoms with E-state index in [1.165, 1.54) is 11.3 Å². The van der Waals surface area contributed by atoms with Crippen molar-refractivity contribution in [3.63, 3.8) is 0 Å². The lowest BCUT2D eigenvalue weighted by Crippen LogP contribution is -3.00. The largest absolute Gasteiger partial charge is 1.00 e. The summed E-state index contributed by atoms with van der Waals surface area (Å²) in [5.41, 5.74) is 2.60. The van der Waals surface area contributed by atoms with Crippen LogP contribution in [0.15, 0.2) is 36.7 Å². The van der Waals surface area contributed by atoms with Gasteiger partial charge in [-0.25, -0.2) is 4.57 Å². The average molecular weight is 416 g/mol. The van der Waals surface area contributed by atoms with Gasteiger partial charge in [-0.15, -0.1) is 0 Å². The fraction of sp³-hybridized carbons (Fsp3) is 0.438. The van der Waals surface area contributed by atoms with E-state index in [1.807, 2.05) is 0 Å². The van der Waals surface area contributed by atoms with Gasteiger partial charge in [-0.3, -0.25) is 0 Å². The second-order valence-electron chi connectivity index (χ2n) is 5.49. The van der Waals surface area contributed by atoms with Crippen LogP contribution in [0.4, 0.5) is 0 Å².